The molecule has 1 aliphatic heterocycles. The Morgan fingerprint density at radius 3 is 2.86 bits per heavy atom. The zero-order valence-corrected chi connectivity index (χ0v) is 9.53. The van der Waals surface area contributed by atoms with Crippen LogP contribution in [0.4, 0.5) is 0 Å². The van der Waals surface area contributed by atoms with E-state index >= 15 is 0 Å². The Morgan fingerprint density at radius 1 is 1.43 bits per heavy atom. The van der Waals surface area contributed by atoms with Crippen molar-refractivity contribution < 1.29 is 4.42 Å². The average Bonchev–Trinajstić information content (AvgIpc) is 2.63. The number of hydrogen-bond acceptors (Lipinski definition) is 3. The Balaban J connectivity index is 1.76. The molecular formula is C10H14ClNOS. The molecule has 78 valence electrons. The molecule has 0 aliphatic carbocycles. The van der Waals surface area contributed by atoms with Crippen LogP contribution in [-0.4, -0.2) is 18.3 Å². The largest absolute Gasteiger partial charge is 0.449 e. The summed E-state index contributed by atoms with van der Waals surface area (Å²) in [7, 11) is 0. The third kappa shape index (κ3) is 2.94. The van der Waals surface area contributed by atoms with Crippen molar-refractivity contribution >= 4 is 23.4 Å². The Kier molecular flexibility index (Phi) is 3.79. The van der Waals surface area contributed by atoms with Crippen molar-refractivity contribution in [1.29, 1.82) is 0 Å². The summed E-state index contributed by atoms with van der Waals surface area (Å²) in [5.74, 6) is 1.93. The van der Waals surface area contributed by atoms with Gasteiger partial charge in [-0.2, -0.15) is 11.8 Å². The van der Waals surface area contributed by atoms with Crippen molar-refractivity contribution in [3.05, 3.63) is 23.1 Å². The van der Waals surface area contributed by atoms with E-state index in [0.29, 0.717) is 5.22 Å². The fourth-order valence-electron chi connectivity index (χ4n) is 1.59. The molecule has 0 aromatic carbocycles. The van der Waals surface area contributed by atoms with Gasteiger partial charge in [0, 0.05) is 5.25 Å². The van der Waals surface area contributed by atoms with Gasteiger partial charge in [-0.15, -0.1) is 0 Å². The Hall–Kier alpha value is -0.120. The first-order chi connectivity index (χ1) is 6.84. The third-order valence-electron chi connectivity index (χ3n) is 2.38. The van der Waals surface area contributed by atoms with Crippen LogP contribution in [0, 0.1) is 0 Å². The summed E-state index contributed by atoms with van der Waals surface area (Å²) in [6, 6.07) is 3.76. The standard InChI is InChI=1S/C10H14ClNOS/c11-10-2-1-8(13-10)7-14-9-3-5-12-6-4-9/h1-2,9,12H,3-7H2. The van der Waals surface area contributed by atoms with Gasteiger partial charge in [0.1, 0.15) is 5.76 Å². The van der Waals surface area contributed by atoms with Gasteiger partial charge in [-0.25, -0.2) is 0 Å². The molecule has 0 unspecified atom stereocenters. The molecular weight excluding hydrogens is 218 g/mol. The van der Waals surface area contributed by atoms with Crippen molar-refractivity contribution in [2.45, 2.75) is 23.8 Å². The van der Waals surface area contributed by atoms with E-state index < -0.39 is 0 Å². The van der Waals surface area contributed by atoms with Crippen LogP contribution < -0.4 is 5.32 Å². The van der Waals surface area contributed by atoms with E-state index in [-0.39, 0.29) is 0 Å². The summed E-state index contributed by atoms with van der Waals surface area (Å²) in [5.41, 5.74) is 0. The van der Waals surface area contributed by atoms with Crippen LogP contribution in [0.3, 0.4) is 0 Å². The second kappa shape index (κ2) is 5.10. The molecule has 2 nitrogen and oxygen atoms in total. The summed E-state index contributed by atoms with van der Waals surface area (Å²) in [5, 5.41) is 4.63. The van der Waals surface area contributed by atoms with Crippen LogP contribution in [0.15, 0.2) is 16.5 Å². The molecule has 1 saturated heterocycles. The van der Waals surface area contributed by atoms with E-state index in [1.165, 1.54) is 12.8 Å². The number of rotatable bonds is 3. The molecule has 0 atom stereocenters. The highest BCUT2D eigenvalue weighted by atomic mass is 35.5. The van der Waals surface area contributed by atoms with Crippen molar-refractivity contribution in [1.82, 2.24) is 5.32 Å². The predicted octanol–water partition coefficient (Wildman–Crippen LogP) is 2.92. The molecule has 2 rings (SSSR count). The topological polar surface area (TPSA) is 25.2 Å². The molecule has 0 bridgehead atoms. The van der Waals surface area contributed by atoms with Gasteiger partial charge in [0.15, 0.2) is 5.22 Å². The van der Waals surface area contributed by atoms with Crippen molar-refractivity contribution in [2.24, 2.45) is 0 Å². The van der Waals surface area contributed by atoms with Crippen LogP contribution in [0.25, 0.3) is 0 Å². The molecule has 0 saturated carbocycles. The van der Waals surface area contributed by atoms with Gasteiger partial charge in [0.2, 0.25) is 0 Å². The minimum Gasteiger partial charge on any atom is -0.449 e. The van der Waals surface area contributed by atoms with Gasteiger partial charge in [-0.3, -0.25) is 0 Å². The Labute approximate surface area is 93.4 Å². The maximum absolute atomic E-state index is 5.70. The first-order valence-electron chi connectivity index (χ1n) is 4.91. The second-order valence-electron chi connectivity index (χ2n) is 3.47. The fourth-order valence-corrected chi connectivity index (χ4v) is 2.88. The summed E-state index contributed by atoms with van der Waals surface area (Å²) < 4.78 is 5.30. The van der Waals surface area contributed by atoms with Gasteiger partial charge in [0.25, 0.3) is 0 Å². The first kappa shape index (κ1) is 10.4. The highest BCUT2D eigenvalue weighted by Crippen LogP contribution is 2.25. The summed E-state index contributed by atoms with van der Waals surface area (Å²) >= 11 is 7.67. The van der Waals surface area contributed by atoms with Gasteiger partial charge < -0.3 is 9.73 Å². The summed E-state index contributed by atoms with van der Waals surface area (Å²) in [6.07, 6.45) is 2.53. The number of thioether (sulfide) groups is 1. The van der Waals surface area contributed by atoms with Crippen molar-refractivity contribution in [2.75, 3.05) is 13.1 Å². The molecule has 0 amide bonds. The number of halogens is 1. The molecule has 1 aromatic heterocycles. The molecule has 2 heterocycles. The monoisotopic (exact) mass is 231 g/mol. The number of hydrogen-bond donors (Lipinski definition) is 1. The second-order valence-corrected chi connectivity index (χ2v) is 5.13. The summed E-state index contributed by atoms with van der Waals surface area (Å²) in [6.45, 7) is 2.30. The lowest BCUT2D eigenvalue weighted by Gasteiger charge is -2.21. The van der Waals surface area contributed by atoms with Crippen molar-refractivity contribution in [3.8, 4) is 0 Å². The quantitative estimate of drug-likeness (QED) is 0.866. The summed E-state index contributed by atoms with van der Waals surface area (Å²) in [4.78, 5) is 0. The van der Waals surface area contributed by atoms with Gasteiger partial charge in [-0.1, -0.05) is 0 Å². The fraction of sp³-hybridized carbons (Fsp3) is 0.600. The van der Waals surface area contributed by atoms with E-state index in [1.54, 1.807) is 6.07 Å². The van der Waals surface area contributed by atoms with Gasteiger partial charge >= 0.3 is 0 Å². The van der Waals surface area contributed by atoms with Crippen LogP contribution in [-0.2, 0) is 5.75 Å². The van der Waals surface area contributed by atoms with E-state index in [1.807, 2.05) is 17.8 Å². The number of nitrogens with one attached hydrogen (secondary N) is 1. The Bertz CT molecular complexity index is 283. The molecule has 1 fully saturated rings. The normalized spacial score (nSPS) is 18.6. The van der Waals surface area contributed by atoms with Gasteiger partial charge in [0.05, 0.1) is 5.75 Å². The molecule has 0 spiro atoms. The van der Waals surface area contributed by atoms with Crippen LogP contribution in [0.2, 0.25) is 5.22 Å². The third-order valence-corrected chi connectivity index (χ3v) is 3.97. The smallest absolute Gasteiger partial charge is 0.193 e. The SMILES string of the molecule is Clc1ccc(CSC2CCNCC2)o1. The zero-order valence-electron chi connectivity index (χ0n) is 7.96. The molecule has 1 N–H and O–H groups in total. The minimum absolute atomic E-state index is 0.492. The van der Waals surface area contributed by atoms with Gasteiger partial charge in [-0.05, 0) is 49.7 Å². The average molecular weight is 232 g/mol. The lowest BCUT2D eigenvalue weighted by Crippen LogP contribution is -2.29. The van der Waals surface area contributed by atoms with E-state index in [9.17, 15) is 0 Å². The molecule has 1 aromatic rings. The zero-order chi connectivity index (χ0) is 9.80. The number of piperidine rings is 1. The minimum atomic E-state index is 0.492. The van der Waals surface area contributed by atoms with Crippen LogP contribution in [0.1, 0.15) is 18.6 Å². The first-order valence-corrected chi connectivity index (χ1v) is 6.34. The lowest BCUT2D eigenvalue weighted by atomic mass is 10.2. The molecule has 0 radical (unpaired) electrons. The van der Waals surface area contributed by atoms with Crippen molar-refractivity contribution in [3.63, 3.8) is 0 Å². The highest BCUT2D eigenvalue weighted by molar-refractivity contribution is 7.99. The van der Waals surface area contributed by atoms with Crippen LogP contribution >= 0.6 is 23.4 Å². The van der Waals surface area contributed by atoms with Crippen LogP contribution in [0.5, 0.6) is 0 Å². The maximum atomic E-state index is 5.70. The Morgan fingerprint density at radius 2 is 2.21 bits per heavy atom. The van der Waals surface area contributed by atoms with E-state index in [4.69, 9.17) is 16.0 Å². The van der Waals surface area contributed by atoms with E-state index in [2.05, 4.69) is 5.32 Å². The number of furan rings is 1. The molecule has 14 heavy (non-hydrogen) atoms. The predicted molar refractivity (Wildman–Crippen MR) is 60.9 cm³/mol. The van der Waals surface area contributed by atoms with E-state index in [0.717, 1.165) is 29.9 Å². The maximum Gasteiger partial charge on any atom is 0.193 e. The highest BCUT2D eigenvalue weighted by Gasteiger charge is 2.13. The lowest BCUT2D eigenvalue weighted by molar-refractivity contribution is 0.522. The molecule has 4 heteroatoms. The molecule has 1 aliphatic rings.